The molecule has 2 fully saturated rings. The van der Waals surface area contributed by atoms with Crippen molar-refractivity contribution in [1.29, 1.82) is 0 Å². The van der Waals surface area contributed by atoms with Crippen LogP contribution in [0.4, 0.5) is 0 Å². The summed E-state index contributed by atoms with van der Waals surface area (Å²) in [6, 6.07) is 14.7. The third-order valence-electron chi connectivity index (χ3n) is 15.2. The van der Waals surface area contributed by atoms with Gasteiger partial charge in [0, 0.05) is 42.7 Å². The molecule has 0 unspecified atom stereocenters. The minimum absolute atomic E-state index is 0.0204. The number of benzene rings is 3. The van der Waals surface area contributed by atoms with E-state index in [1.807, 2.05) is 63.2 Å². The molecule has 8 amide bonds. The zero-order valence-corrected chi connectivity index (χ0v) is 44.2. The number of likely N-dealkylation sites (N-methyl/N-ethyl adjacent to an activating group) is 2. The molecule has 7 rings (SSSR count). The first-order valence-electron chi connectivity index (χ1n) is 26.3. The number of hydrogen-bond acceptors (Lipinski definition) is 10. The number of hydrogen-bond donors (Lipinski definition) is 8. The second-order valence-corrected chi connectivity index (χ2v) is 21.5. The van der Waals surface area contributed by atoms with Gasteiger partial charge in [-0.05, 0) is 125 Å². The van der Waals surface area contributed by atoms with E-state index in [-0.39, 0.29) is 67.4 Å². The average molecular weight is 1030 g/mol. The number of terminal acetylenes is 1. The number of likely N-dealkylation sites (tertiary alicyclic amines) is 2. The van der Waals surface area contributed by atoms with Gasteiger partial charge in [0.1, 0.15) is 24.2 Å². The number of nitrogens with one attached hydrogen (secondary N) is 8. The molecule has 18 heteroatoms. The van der Waals surface area contributed by atoms with Gasteiger partial charge in [-0.1, -0.05) is 75.4 Å². The van der Waals surface area contributed by atoms with Gasteiger partial charge in [0.2, 0.25) is 35.4 Å². The summed E-state index contributed by atoms with van der Waals surface area (Å²) in [6.07, 6.45) is 10.7. The Balaban J connectivity index is 1.08. The van der Waals surface area contributed by atoms with Crippen LogP contribution >= 0.6 is 0 Å². The third kappa shape index (κ3) is 13.2. The van der Waals surface area contributed by atoms with Crippen molar-refractivity contribution in [1.82, 2.24) is 52.3 Å². The molecule has 0 spiro atoms. The smallest absolute Gasteiger partial charge is 0.251 e. The summed E-state index contributed by atoms with van der Waals surface area (Å²) in [7, 11) is 3.26. The van der Waals surface area contributed by atoms with Gasteiger partial charge in [-0.15, -0.1) is 12.3 Å². The summed E-state index contributed by atoms with van der Waals surface area (Å²) in [5.74, 6) is -1.22. The minimum atomic E-state index is -1.13. The third-order valence-corrected chi connectivity index (χ3v) is 15.2. The number of rotatable bonds is 17. The fraction of sp³-hybridized carbons (Fsp3) is 0.509. The van der Waals surface area contributed by atoms with Crippen LogP contribution in [0, 0.1) is 17.8 Å². The number of carbonyl (C=O) groups excluding carboxylic acids is 8. The lowest BCUT2D eigenvalue weighted by Crippen LogP contribution is -2.59. The lowest BCUT2D eigenvalue weighted by molar-refractivity contribution is -0.144. The van der Waals surface area contributed by atoms with E-state index >= 15 is 0 Å². The number of aryl methyl sites for hydroxylation is 2. The molecule has 18 nitrogen and oxygen atoms in total. The quantitative estimate of drug-likeness (QED) is 0.0921. The van der Waals surface area contributed by atoms with Gasteiger partial charge < -0.3 is 52.3 Å². The Labute approximate surface area is 440 Å². The molecule has 0 bridgehead atoms. The Morgan fingerprint density at radius 2 is 1.08 bits per heavy atom. The van der Waals surface area contributed by atoms with E-state index in [4.69, 9.17) is 6.42 Å². The van der Waals surface area contributed by atoms with Crippen molar-refractivity contribution in [2.75, 3.05) is 27.2 Å². The van der Waals surface area contributed by atoms with E-state index in [9.17, 15) is 38.4 Å². The first-order chi connectivity index (χ1) is 35.8. The monoisotopic (exact) mass is 1030 g/mol. The largest absolute Gasteiger partial charge is 0.347 e. The predicted octanol–water partition coefficient (Wildman–Crippen LogP) is 2.73. The molecule has 2 aliphatic heterocycles. The molecule has 3 aromatic carbocycles. The van der Waals surface area contributed by atoms with E-state index in [1.165, 1.54) is 15.9 Å². The number of amides is 8. The van der Waals surface area contributed by atoms with Gasteiger partial charge >= 0.3 is 0 Å². The second-order valence-electron chi connectivity index (χ2n) is 21.5. The first kappa shape index (κ1) is 55.6. The first-order valence-corrected chi connectivity index (χ1v) is 26.3. The highest BCUT2D eigenvalue weighted by Gasteiger charge is 2.47. The van der Waals surface area contributed by atoms with Gasteiger partial charge in [-0.3, -0.25) is 38.4 Å². The highest BCUT2D eigenvalue weighted by atomic mass is 16.2. The second kappa shape index (κ2) is 24.5. The summed E-state index contributed by atoms with van der Waals surface area (Å²) in [6.45, 7) is 8.77. The predicted molar refractivity (Wildman–Crippen MR) is 284 cm³/mol. The molecular weight excluding hydrogens is 953 g/mol. The van der Waals surface area contributed by atoms with E-state index in [2.05, 4.69) is 54.5 Å². The van der Waals surface area contributed by atoms with Gasteiger partial charge in [0.15, 0.2) is 0 Å². The maximum absolute atomic E-state index is 14.7. The van der Waals surface area contributed by atoms with Crippen molar-refractivity contribution >= 4 is 47.3 Å². The molecule has 8 N–H and O–H groups in total. The van der Waals surface area contributed by atoms with Crippen LogP contribution in [0.5, 0.6) is 0 Å². The molecule has 10 atom stereocenters. The van der Waals surface area contributed by atoms with Crippen LogP contribution in [0.2, 0.25) is 0 Å². The van der Waals surface area contributed by atoms with Crippen LogP contribution < -0.4 is 42.5 Å². The van der Waals surface area contributed by atoms with Crippen molar-refractivity contribution in [3.05, 3.63) is 106 Å². The Hall–Kier alpha value is -7.10. The Morgan fingerprint density at radius 1 is 0.627 bits per heavy atom. The van der Waals surface area contributed by atoms with Crippen LogP contribution in [-0.2, 0) is 41.6 Å². The summed E-state index contributed by atoms with van der Waals surface area (Å²) >= 11 is 0. The van der Waals surface area contributed by atoms with Crippen LogP contribution in [0.1, 0.15) is 135 Å². The summed E-state index contributed by atoms with van der Waals surface area (Å²) < 4.78 is 0. The molecule has 2 aliphatic carbocycles. The minimum Gasteiger partial charge on any atom is -0.347 e. The Kier molecular flexibility index (Phi) is 18.2. The number of carbonyl (C=O) groups is 8. The van der Waals surface area contributed by atoms with Crippen molar-refractivity contribution in [3.8, 4) is 12.3 Å². The molecule has 4 aliphatic rings. The molecule has 3 aromatic rings. The summed E-state index contributed by atoms with van der Waals surface area (Å²) in [5.41, 5.74) is 3.87. The highest BCUT2D eigenvalue weighted by molar-refractivity contribution is 6.01. The van der Waals surface area contributed by atoms with Crippen molar-refractivity contribution < 1.29 is 38.4 Å². The van der Waals surface area contributed by atoms with Crippen LogP contribution in [0.15, 0.2) is 72.8 Å². The van der Waals surface area contributed by atoms with Crippen LogP contribution in [0.25, 0.3) is 0 Å². The zero-order chi connectivity index (χ0) is 54.1. The molecule has 400 valence electrons. The van der Waals surface area contributed by atoms with E-state index < -0.39 is 89.2 Å². The van der Waals surface area contributed by atoms with Crippen molar-refractivity contribution in [2.24, 2.45) is 5.41 Å². The molecule has 0 radical (unpaired) electrons. The van der Waals surface area contributed by atoms with E-state index in [0.29, 0.717) is 6.42 Å². The Morgan fingerprint density at radius 3 is 1.53 bits per heavy atom. The molecule has 75 heavy (non-hydrogen) atoms. The molecule has 2 saturated heterocycles. The van der Waals surface area contributed by atoms with Gasteiger partial charge in [0.05, 0.1) is 24.2 Å². The number of nitrogens with zero attached hydrogens (tertiary/aromatic N) is 2. The maximum Gasteiger partial charge on any atom is 0.251 e. The fourth-order valence-electron chi connectivity index (χ4n) is 10.7. The topological polar surface area (TPSA) is 239 Å². The summed E-state index contributed by atoms with van der Waals surface area (Å²) in [4.78, 5) is 115. The van der Waals surface area contributed by atoms with Crippen LogP contribution in [0.3, 0.4) is 0 Å². The lowest BCUT2D eigenvalue weighted by atomic mass is 9.85. The Bertz CT molecular complexity index is 2680. The van der Waals surface area contributed by atoms with Gasteiger partial charge in [0.25, 0.3) is 11.8 Å². The molecule has 0 aromatic heterocycles. The molecule has 2 heterocycles. The SMILES string of the molecule is C#CC[C@H](NC(=O)[C@H](C)NC)C(=O)N1C[C@@H](NC(=O)c2cccc(C(=O)N[C@H]3C[C@@H](C(=O)N[C@@H]4CCCc5ccccc54)N(C(=O)[C@@H](NC(=O)[C@H](C)NC)C(C)(C)C)C3)c2)C[C@H]1C(=O)N[C@@H]1CCCc2ccccc21. The van der Waals surface area contributed by atoms with E-state index in [0.717, 1.165) is 54.4 Å². The highest BCUT2D eigenvalue weighted by Crippen LogP contribution is 2.33. The summed E-state index contributed by atoms with van der Waals surface area (Å²) in [5, 5.41) is 23.8. The van der Waals surface area contributed by atoms with Gasteiger partial charge in [-0.2, -0.15) is 0 Å². The fourth-order valence-corrected chi connectivity index (χ4v) is 10.7. The van der Waals surface area contributed by atoms with E-state index in [1.54, 1.807) is 46.1 Å². The van der Waals surface area contributed by atoms with Gasteiger partial charge in [-0.25, -0.2) is 0 Å². The number of fused-ring (bicyclic) bond motifs is 2. The maximum atomic E-state index is 14.7. The zero-order valence-electron chi connectivity index (χ0n) is 44.2. The molecule has 0 saturated carbocycles. The van der Waals surface area contributed by atoms with Crippen molar-refractivity contribution in [3.63, 3.8) is 0 Å². The average Bonchev–Trinajstić information content (AvgIpc) is 4.03. The van der Waals surface area contributed by atoms with Crippen LogP contribution in [-0.4, -0.2) is 133 Å². The lowest BCUT2D eigenvalue weighted by Gasteiger charge is -2.36. The molecular formula is C57H74N10O8. The normalized spacial score (nSPS) is 22.6. The standard InChI is InChI=1S/C57H74N10O8/c1-9-17-45(64-49(68)33(2)58-7)55(74)66-31-39(29-46(66)53(72)62-43-26-15-20-35-18-10-12-24-41(35)43)60-51(70)37-22-14-23-38(28-37)52(71)61-40-30-47(54(73)63-44-27-16-21-36-19-11-13-25-42(36)44)67(32-40)56(75)48(57(4,5)6)65-50(69)34(3)59-8/h1,10-14,18-19,22-25,28,33-34,39-40,43-48,58-59H,15-17,20-21,26-27,29-32H2,2-8H3,(H,60,70)(H,61,71)(H,62,72)(H,63,73)(H,64,68)(H,65,69)/t33-,34-,39-,40-,43+,44+,45-,46-,47-,48+/m0/s1. The van der Waals surface area contributed by atoms with Crippen molar-refractivity contribution in [2.45, 2.75) is 153 Å².